The van der Waals surface area contributed by atoms with Crippen LogP contribution in [-0.2, 0) is 9.84 Å². The number of piperidine rings is 1. The summed E-state index contributed by atoms with van der Waals surface area (Å²) >= 11 is 0. The number of hydrogen-bond acceptors (Lipinski definition) is 4. The lowest BCUT2D eigenvalue weighted by Crippen LogP contribution is -2.48. The molecule has 0 bridgehead atoms. The second-order valence-electron chi connectivity index (χ2n) is 6.54. The number of nitrogens with zero attached hydrogens (tertiary/aromatic N) is 2. The number of likely N-dealkylation sites (tertiary alicyclic amines) is 1. The van der Waals surface area contributed by atoms with Crippen LogP contribution in [0.5, 0.6) is 0 Å². The van der Waals surface area contributed by atoms with Gasteiger partial charge in [0.05, 0.1) is 21.8 Å². The molecule has 0 spiro atoms. The first-order chi connectivity index (χ1) is 9.75. The van der Waals surface area contributed by atoms with Crippen molar-refractivity contribution in [2.24, 2.45) is 0 Å². The Morgan fingerprint density at radius 2 is 1.67 bits per heavy atom. The average molecular weight is 306 g/mol. The second-order valence-corrected chi connectivity index (χ2v) is 8.77. The summed E-state index contributed by atoms with van der Waals surface area (Å²) in [5.74, 6) is 0. The van der Waals surface area contributed by atoms with Crippen LogP contribution in [0.2, 0.25) is 0 Å². The zero-order valence-corrected chi connectivity index (χ0v) is 13.7. The minimum atomic E-state index is -3.29. The third-order valence-corrected chi connectivity index (χ3v) is 6.42. The number of nitriles is 1. The van der Waals surface area contributed by atoms with Crippen LogP contribution < -0.4 is 0 Å². The van der Waals surface area contributed by atoms with Crippen molar-refractivity contribution in [2.75, 3.05) is 13.1 Å². The molecule has 0 atom stereocenters. The lowest BCUT2D eigenvalue weighted by atomic mass is 10.0. The van der Waals surface area contributed by atoms with E-state index in [1.165, 1.54) is 0 Å². The van der Waals surface area contributed by atoms with Crippen molar-refractivity contribution in [3.05, 3.63) is 29.8 Å². The minimum Gasteiger partial charge on any atom is -0.298 e. The molecule has 4 nitrogen and oxygen atoms in total. The van der Waals surface area contributed by atoms with Crippen LogP contribution in [0.25, 0.3) is 0 Å². The molecule has 0 aromatic heterocycles. The smallest absolute Gasteiger partial charge is 0.181 e. The monoisotopic (exact) mass is 306 g/mol. The highest BCUT2D eigenvalue weighted by molar-refractivity contribution is 7.92. The fourth-order valence-electron chi connectivity index (χ4n) is 2.75. The molecule has 1 aromatic rings. The maximum absolute atomic E-state index is 12.6. The molecule has 21 heavy (non-hydrogen) atoms. The van der Waals surface area contributed by atoms with Gasteiger partial charge in [0, 0.05) is 5.54 Å². The van der Waals surface area contributed by atoms with Gasteiger partial charge in [-0.1, -0.05) is 0 Å². The largest absolute Gasteiger partial charge is 0.298 e. The van der Waals surface area contributed by atoms with E-state index in [4.69, 9.17) is 5.26 Å². The molecule has 0 unspecified atom stereocenters. The molecule has 0 radical (unpaired) electrons. The third-order valence-electron chi connectivity index (χ3n) is 4.14. The third kappa shape index (κ3) is 3.45. The summed E-state index contributed by atoms with van der Waals surface area (Å²) in [6.07, 6.45) is 1.33. The van der Waals surface area contributed by atoms with Crippen LogP contribution in [-0.4, -0.2) is 37.2 Å². The molecule has 0 N–H and O–H groups in total. The number of sulfone groups is 1. The first-order valence-electron chi connectivity index (χ1n) is 7.24. The second kappa shape index (κ2) is 5.78. The SMILES string of the molecule is CC(C)(C)N1CCC(S(=O)(=O)c2ccc(C#N)cc2)CC1. The van der Waals surface area contributed by atoms with Gasteiger partial charge in [-0.15, -0.1) is 0 Å². The fourth-order valence-corrected chi connectivity index (χ4v) is 4.48. The van der Waals surface area contributed by atoms with Crippen molar-refractivity contribution in [2.45, 2.75) is 49.3 Å². The van der Waals surface area contributed by atoms with Gasteiger partial charge in [-0.3, -0.25) is 4.90 Å². The highest BCUT2D eigenvalue weighted by Gasteiger charge is 2.34. The lowest BCUT2D eigenvalue weighted by Gasteiger charge is -2.40. The average Bonchev–Trinajstić information content (AvgIpc) is 2.46. The molecule has 1 saturated heterocycles. The van der Waals surface area contributed by atoms with Gasteiger partial charge in [0.25, 0.3) is 0 Å². The molecule has 1 aromatic carbocycles. The zero-order valence-electron chi connectivity index (χ0n) is 12.8. The van der Waals surface area contributed by atoms with E-state index in [1.54, 1.807) is 24.3 Å². The maximum Gasteiger partial charge on any atom is 0.181 e. The predicted octanol–water partition coefficient (Wildman–Crippen LogP) is 2.59. The number of benzene rings is 1. The molecular weight excluding hydrogens is 284 g/mol. The van der Waals surface area contributed by atoms with Gasteiger partial charge < -0.3 is 0 Å². The summed E-state index contributed by atoms with van der Waals surface area (Å²) in [5.41, 5.74) is 0.569. The van der Waals surface area contributed by atoms with Crippen molar-refractivity contribution in [3.8, 4) is 6.07 Å². The Morgan fingerprint density at radius 3 is 2.10 bits per heavy atom. The summed E-state index contributed by atoms with van der Waals surface area (Å²) in [6, 6.07) is 8.23. The molecule has 1 aliphatic heterocycles. The molecule has 5 heteroatoms. The predicted molar refractivity (Wildman–Crippen MR) is 82.7 cm³/mol. The molecule has 0 amide bonds. The van der Waals surface area contributed by atoms with Crippen LogP contribution in [0.4, 0.5) is 0 Å². The van der Waals surface area contributed by atoms with Crippen molar-refractivity contribution in [1.82, 2.24) is 4.90 Å². The Kier molecular flexibility index (Phi) is 4.40. The van der Waals surface area contributed by atoms with Gasteiger partial charge in [0.1, 0.15) is 0 Å². The standard InChI is InChI=1S/C16H22N2O2S/c1-16(2,3)18-10-8-15(9-11-18)21(19,20)14-6-4-13(12-17)5-7-14/h4-7,15H,8-11H2,1-3H3. The van der Waals surface area contributed by atoms with E-state index in [2.05, 4.69) is 25.7 Å². The topological polar surface area (TPSA) is 61.2 Å². The van der Waals surface area contributed by atoms with Gasteiger partial charge in [0.2, 0.25) is 0 Å². The van der Waals surface area contributed by atoms with E-state index >= 15 is 0 Å². The molecule has 2 rings (SSSR count). The minimum absolute atomic E-state index is 0.0865. The summed E-state index contributed by atoms with van der Waals surface area (Å²) in [5, 5.41) is 8.46. The summed E-state index contributed by atoms with van der Waals surface area (Å²) < 4.78 is 25.3. The first-order valence-corrected chi connectivity index (χ1v) is 8.79. The Bertz CT molecular complexity index is 628. The van der Waals surface area contributed by atoms with E-state index in [9.17, 15) is 8.42 Å². The van der Waals surface area contributed by atoms with E-state index in [0.717, 1.165) is 13.1 Å². The van der Waals surface area contributed by atoms with Crippen LogP contribution >= 0.6 is 0 Å². The van der Waals surface area contributed by atoms with Crippen LogP contribution in [0.1, 0.15) is 39.2 Å². The van der Waals surface area contributed by atoms with Crippen molar-refractivity contribution >= 4 is 9.84 Å². The zero-order chi connectivity index (χ0) is 15.7. The Labute approximate surface area is 127 Å². The quantitative estimate of drug-likeness (QED) is 0.842. The number of rotatable bonds is 2. The van der Waals surface area contributed by atoms with E-state index in [0.29, 0.717) is 23.3 Å². The fraction of sp³-hybridized carbons (Fsp3) is 0.562. The normalized spacial score (nSPS) is 18.4. The lowest BCUT2D eigenvalue weighted by molar-refractivity contribution is 0.112. The molecule has 0 aliphatic carbocycles. The van der Waals surface area contributed by atoms with Gasteiger partial charge >= 0.3 is 0 Å². The van der Waals surface area contributed by atoms with Crippen LogP contribution in [0, 0.1) is 11.3 Å². The summed E-state index contributed by atoms with van der Waals surface area (Å²) in [7, 11) is -3.29. The Morgan fingerprint density at radius 1 is 1.14 bits per heavy atom. The number of hydrogen-bond donors (Lipinski definition) is 0. The highest BCUT2D eigenvalue weighted by Crippen LogP contribution is 2.27. The van der Waals surface area contributed by atoms with E-state index in [1.807, 2.05) is 6.07 Å². The molecule has 114 valence electrons. The molecular formula is C16H22N2O2S. The van der Waals surface area contributed by atoms with Gasteiger partial charge in [-0.25, -0.2) is 8.42 Å². The van der Waals surface area contributed by atoms with Crippen molar-refractivity contribution < 1.29 is 8.42 Å². The molecule has 0 saturated carbocycles. The van der Waals surface area contributed by atoms with Crippen molar-refractivity contribution in [1.29, 1.82) is 5.26 Å². The van der Waals surface area contributed by atoms with Gasteiger partial charge in [0.15, 0.2) is 9.84 Å². The van der Waals surface area contributed by atoms with E-state index in [-0.39, 0.29) is 10.8 Å². The molecule has 1 heterocycles. The summed E-state index contributed by atoms with van der Waals surface area (Å²) in [4.78, 5) is 2.66. The van der Waals surface area contributed by atoms with E-state index < -0.39 is 9.84 Å². The van der Waals surface area contributed by atoms with Crippen LogP contribution in [0.3, 0.4) is 0 Å². The molecule has 1 fully saturated rings. The first kappa shape index (κ1) is 16.0. The highest BCUT2D eigenvalue weighted by atomic mass is 32.2. The van der Waals surface area contributed by atoms with Gasteiger partial charge in [-0.05, 0) is 71.0 Å². The maximum atomic E-state index is 12.6. The summed E-state index contributed by atoms with van der Waals surface area (Å²) in [6.45, 7) is 8.08. The van der Waals surface area contributed by atoms with Crippen LogP contribution in [0.15, 0.2) is 29.2 Å². The Hall–Kier alpha value is -1.38. The Balaban J connectivity index is 2.13. The molecule has 1 aliphatic rings. The van der Waals surface area contributed by atoms with Gasteiger partial charge in [-0.2, -0.15) is 5.26 Å². The van der Waals surface area contributed by atoms with Crippen molar-refractivity contribution in [3.63, 3.8) is 0 Å².